The summed E-state index contributed by atoms with van der Waals surface area (Å²) >= 11 is 5.88. The summed E-state index contributed by atoms with van der Waals surface area (Å²) in [5.41, 5.74) is 9.75. The van der Waals surface area contributed by atoms with Gasteiger partial charge in [-0.25, -0.2) is 4.39 Å². The first-order valence-corrected chi connectivity index (χ1v) is 6.14. The lowest BCUT2D eigenvalue weighted by atomic mass is 9.96. The second-order valence-corrected chi connectivity index (χ2v) is 4.92. The summed E-state index contributed by atoms with van der Waals surface area (Å²) in [6.07, 6.45) is 0. The van der Waals surface area contributed by atoms with Gasteiger partial charge in [-0.3, -0.25) is 0 Å². The Balaban J connectivity index is 2.44. The van der Waals surface area contributed by atoms with Crippen LogP contribution in [-0.4, -0.2) is 0 Å². The van der Waals surface area contributed by atoms with Crippen molar-refractivity contribution in [3.05, 3.63) is 69.5 Å². The zero-order valence-corrected chi connectivity index (χ0v) is 11.1. The molecule has 0 fully saturated rings. The molecule has 0 saturated heterocycles. The first-order chi connectivity index (χ1) is 8.49. The van der Waals surface area contributed by atoms with Crippen molar-refractivity contribution in [1.29, 1.82) is 0 Å². The lowest BCUT2D eigenvalue weighted by Gasteiger charge is -2.15. The van der Waals surface area contributed by atoms with E-state index in [1.807, 2.05) is 32.0 Å². The maximum Gasteiger partial charge on any atom is 0.128 e. The Kier molecular flexibility index (Phi) is 3.69. The molecule has 0 aliphatic heterocycles. The van der Waals surface area contributed by atoms with Crippen molar-refractivity contribution < 1.29 is 4.39 Å². The van der Waals surface area contributed by atoms with Gasteiger partial charge < -0.3 is 5.73 Å². The Morgan fingerprint density at radius 3 is 2.44 bits per heavy atom. The first-order valence-electron chi connectivity index (χ1n) is 5.76. The van der Waals surface area contributed by atoms with Gasteiger partial charge in [-0.05, 0) is 48.7 Å². The molecule has 2 N–H and O–H groups in total. The summed E-state index contributed by atoms with van der Waals surface area (Å²) in [4.78, 5) is 0. The molecular formula is C15H15ClFN. The first kappa shape index (κ1) is 13.1. The molecule has 0 amide bonds. The fourth-order valence-corrected chi connectivity index (χ4v) is 2.07. The van der Waals surface area contributed by atoms with Gasteiger partial charge >= 0.3 is 0 Å². The van der Waals surface area contributed by atoms with E-state index in [1.54, 1.807) is 6.07 Å². The van der Waals surface area contributed by atoms with Crippen LogP contribution >= 0.6 is 11.6 Å². The molecular weight excluding hydrogens is 249 g/mol. The minimum absolute atomic E-state index is 0.329. The van der Waals surface area contributed by atoms with Gasteiger partial charge in [0.05, 0.1) is 6.04 Å². The third-order valence-electron chi connectivity index (χ3n) is 3.18. The number of aryl methyl sites for hydroxylation is 2. The van der Waals surface area contributed by atoms with Crippen LogP contribution in [0.3, 0.4) is 0 Å². The molecule has 2 aromatic carbocycles. The van der Waals surface area contributed by atoms with E-state index in [-0.39, 0.29) is 5.82 Å². The van der Waals surface area contributed by atoms with Crippen LogP contribution in [0.15, 0.2) is 36.4 Å². The van der Waals surface area contributed by atoms with Crippen molar-refractivity contribution in [3.8, 4) is 0 Å². The molecule has 0 radical (unpaired) electrons. The zero-order chi connectivity index (χ0) is 13.3. The highest BCUT2D eigenvalue weighted by Gasteiger charge is 2.14. The number of hydrogen-bond donors (Lipinski definition) is 1. The molecule has 0 saturated carbocycles. The van der Waals surface area contributed by atoms with Crippen molar-refractivity contribution >= 4 is 11.6 Å². The molecule has 1 unspecified atom stereocenters. The van der Waals surface area contributed by atoms with E-state index < -0.39 is 6.04 Å². The van der Waals surface area contributed by atoms with Crippen molar-refractivity contribution in [2.24, 2.45) is 5.73 Å². The van der Waals surface area contributed by atoms with Gasteiger partial charge in [-0.15, -0.1) is 0 Å². The topological polar surface area (TPSA) is 26.0 Å². The van der Waals surface area contributed by atoms with E-state index in [2.05, 4.69) is 0 Å². The van der Waals surface area contributed by atoms with Crippen LogP contribution < -0.4 is 5.73 Å². The number of halogens is 2. The monoisotopic (exact) mass is 263 g/mol. The molecule has 18 heavy (non-hydrogen) atoms. The second-order valence-electron chi connectivity index (χ2n) is 4.49. The minimum Gasteiger partial charge on any atom is -0.320 e. The Morgan fingerprint density at radius 1 is 1.06 bits per heavy atom. The highest BCUT2D eigenvalue weighted by Crippen LogP contribution is 2.26. The standard InChI is InChI=1S/C15H15ClFN/c1-9-3-4-11(7-10(9)2)15(18)13-8-12(16)5-6-14(13)17/h3-8,15H,18H2,1-2H3. The van der Waals surface area contributed by atoms with E-state index in [9.17, 15) is 4.39 Å². The Labute approximate surface area is 111 Å². The number of nitrogens with two attached hydrogens (primary N) is 1. The summed E-state index contributed by atoms with van der Waals surface area (Å²) in [5, 5.41) is 0.491. The number of rotatable bonds is 2. The van der Waals surface area contributed by atoms with Gasteiger partial charge in [0.25, 0.3) is 0 Å². The van der Waals surface area contributed by atoms with Crippen LogP contribution in [-0.2, 0) is 0 Å². The van der Waals surface area contributed by atoms with E-state index >= 15 is 0 Å². The van der Waals surface area contributed by atoms with Crippen molar-refractivity contribution in [3.63, 3.8) is 0 Å². The van der Waals surface area contributed by atoms with Gasteiger partial charge in [-0.2, -0.15) is 0 Å². The van der Waals surface area contributed by atoms with E-state index in [0.29, 0.717) is 10.6 Å². The second kappa shape index (κ2) is 5.09. The molecule has 0 bridgehead atoms. The average molecular weight is 264 g/mol. The largest absolute Gasteiger partial charge is 0.320 e. The lowest BCUT2D eigenvalue weighted by molar-refractivity contribution is 0.599. The molecule has 94 valence electrons. The summed E-state index contributed by atoms with van der Waals surface area (Å²) in [6.45, 7) is 4.05. The molecule has 0 heterocycles. The van der Waals surface area contributed by atoms with Crippen LogP contribution in [0.25, 0.3) is 0 Å². The van der Waals surface area contributed by atoms with Gasteiger partial charge in [-0.1, -0.05) is 29.8 Å². The Hall–Kier alpha value is -1.38. The van der Waals surface area contributed by atoms with E-state index in [1.165, 1.54) is 17.7 Å². The molecule has 2 aromatic rings. The third kappa shape index (κ3) is 2.55. The minimum atomic E-state index is -0.497. The molecule has 0 aromatic heterocycles. The van der Waals surface area contributed by atoms with Gasteiger partial charge in [0.15, 0.2) is 0 Å². The third-order valence-corrected chi connectivity index (χ3v) is 3.42. The zero-order valence-electron chi connectivity index (χ0n) is 10.4. The molecule has 2 rings (SSSR count). The Bertz CT molecular complexity index is 581. The number of hydrogen-bond acceptors (Lipinski definition) is 1. The average Bonchev–Trinajstić information content (AvgIpc) is 2.35. The van der Waals surface area contributed by atoms with Crippen LogP contribution in [0.1, 0.15) is 28.3 Å². The van der Waals surface area contributed by atoms with E-state index in [0.717, 1.165) is 11.1 Å². The van der Waals surface area contributed by atoms with Crippen molar-refractivity contribution in [2.45, 2.75) is 19.9 Å². The number of benzene rings is 2. The summed E-state index contributed by atoms with van der Waals surface area (Å²) in [5.74, 6) is -0.329. The normalized spacial score (nSPS) is 12.5. The Morgan fingerprint density at radius 2 is 1.78 bits per heavy atom. The quantitative estimate of drug-likeness (QED) is 0.866. The summed E-state index contributed by atoms with van der Waals surface area (Å²) in [7, 11) is 0. The van der Waals surface area contributed by atoms with E-state index in [4.69, 9.17) is 17.3 Å². The molecule has 3 heteroatoms. The fraction of sp³-hybridized carbons (Fsp3) is 0.200. The summed E-state index contributed by atoms with van der Waals surface area (Å²) < 4.78 is 13.7. The summed E-state index contributed by atoms with van der Waals surface area (Å²) in [6, 6.07) is 9.85. The SMILES string of the molecule is Cc1ccc(C(N)c2cc(Cl)ccc2F)cc1C. The predicted molar refractivity (Wildman–Crippen MR) is 73.4 cm³/mol. The molecule has 0 aliphatic carbocycles. The predicted octanol–water partition coefficient (Wildman–Crippen LogP) is 4.14. The van der Waals surface area contributed by atoms with Crippen LogP contribution in [0, 0.1) is 19.7 Å². The van der Waals surface area contributed by atoms with Crippen LogP contribution in [0.4, 0.5) is 4.39 Å². The van der Waals surface area contributed by atoms with Gasteiger partial charge in [0.1, 0.15) is 5.82 Å². The lowest BCUT2D eigenvalue weighted by Crippen LogP contribution is -2.14. The maximum absolute atomic E-state index is 13.7. The maximum atomic E-state index is 13.7. The fourth-order valence-electron chi connectivity index (χ4n) is 1.89. The molecule has 1 atom stereocenters. The highest BCUT2D eigenvalue weighted by atomic mass is 35.5. The van der Waals surface area contributed by atoms with Crippen LogP contribution in [0.5, 0.6) is 0 Å². The highest BCUT2D eigenvalue weighted by molar-refractivity contribution is 6.30. The molecule has 0 aliphatic rings. The van der Waals surface area contributed by atoms with Crippen molar-refractivity contribution in [2.75, 3.05) is 0 Å². The smallest absolute Gasteiger partial charge is 0.128 e. The molecule has 0 spiro atoms. The van der Waals surface area contributed by atoms with Gasteiger partial charge in [0.2, 0.25) is 0 Å². The molecule has 1 nitrogen and oxygen atoms in total. The van der Waals surface area contributed by atoms with Crippen molar-refractivity contribution in [1.82, 2.24) is 0 Å². The van der Waals surface area contributed by atoms with Gasteiger partial charge in [0, 0.05) is 10.6 Å². The van der Waals surface area contributed by atoms with Crippen LogP contribution in [0.2, 0.25) is 5.02 Å².